The standard InChI is InChI=1S/C15H16N2O3S/c1-10-12(16)7-13(21-10)15(19)20-9-14(18)17-8-11-5-3-2-4-6-11/h2-7H,8-9,16H2,1H3,(H,17,18). The average molecular weight is 304 g/mol. The summed E-state index contributed by atoms with van der Waals surface area (Å²) >= 11 is 1.25. The Bertz CT molecular complexity index is 618. The summed E-state index contributed by atoms with van der Waals surface area (Å²) in [6, 6.07) is 11.1. The topological polar surface area (TPSA) is 81.4 Å². The van der Waals surface area contributed by atoms with Gasteiger partial charge in [-0.25, -0.2) is 4.79 Å². The highest BCUT2D eigenvalue weighted by Gasteiger charge is 2.14. The van der Waals surface area contributed by atoms with Crippen LogP contribution in [0.1, 0.15) is 20.1 Å². The van der Waals surface area contributed by atoms with E-state index in [9.17, 15) is 9.59 Å². The minimum Gasteiger partial charge on any atom is -0.451 e. The second-order valence-corrected chi connectivity index (χ2v) is 5.72. The molecule has 0 atom stereocenters. The Morgan fingerprint density at radius 3 is 2.62 bits per heavy atom. The van der Waals surface area contributed by atoms with E-state index in [0.717, 1.165) is 10.4 Å². The molecule has 1 aromatic carbocycles. The Labute approximate surface area is 126 Å². The highest BCUT2D eigenvalue weighted by Crippen LogP contribution is 2.23. The Morgan fingerprint density at radius 2 is 2.00 bits per heavy atom. The summed E-state index contributed by atoms with van der Waals surface area (Å²) < 4.78 is 4.95. The van der Waals surface area contributed by atoms with Crippen molar-refractivity contribution in [1.29, 1.82) is 0 Å². The number of aryl methyl sites for hydroxylation is 1. The second kappa shape index (κ2) is 6.90. The van der Waals surface area contributed by atoms with Gasteiger partial charge in [0.1, 0.15) is 4.88 Å². The lowest BCUT2D eigenvalue weighted by molar-refractivity contribution is -0.124. The van der Waals surface area contributed by atoms with Crippen molar-refractivity contribution in [3.63, 3.8) is 0 Å². The number of carbonyl (C=O) groups is 2. The van der Waals surface area contributed by atoms with Crippen molar-refractivity contribution in [2.45, 2.75) is 13.5 Å². The van der Waals surface area contributed by atoms with Crippen LogP contribution in [-0.4, -0.2) is 18.5 Å². The van der Waals surface area contributed by atoms with Crippen molar-refractivity contribution >= 4 is 28.9 Å². The SMILES string of the molecule is Cc1sc(C(=O)OCC(=O)NCc2ccccc2)cc1N. The van der Waals surface area contributed by atoms with E-state index in [1.165, 1.54) is 11.3 Å². The van der Waals surface area contributed by atoms with Crippen LogP contribution >= 0.6 is 11.3 Å². The molecule has 0 bridgehead atoms. The van der Waals surface area contributed by atoms with Crippen LogP contribution in [0.3, 0.4) is 0 Å². The number of rotatable bonds is 5. The van der Waals surface area contributed by atoms with Gasteiger partial charge in [-0.2, -0.15) is 0 Å². The third-order valence-corrected chi connectivity index (χ3v) is 3.87. The van der Waals surface area contributed by atoms with E-state index >= 15 is 0 Å². The molecule has 1 amide bonds. The summed E-state index contributed by atoms with van der Waals surface area (Å²) in [6.45, 7) is 1.92. The Balaban J connectivity index is 1.77. The fraction of sp³-hybridized carbons (Fsp3) is 0.200. The summed E-state index contributed by atoms with van der Waals surface area (Å²) in [5.74, 6) is -0.872. The first-order valence-corrected chi connectivity index (χ1v) is 7.21. The van der Waals surface area contributed by atoms with Crippen LogP contribution in [0.5, 0.6) is 0 Å². The van der Waals surface area contributed by atoms with Gasteiger partial charge in [0.15, 0.2) is 6.61 Å². The molecule has 0 aliphatic carbocycles. The maximum absolute atomic E-state index is 11.7. The van der Waals surface area contributed by atoms with Crippen LogP contribution in [0.15, 0.2) is 36.4 Å². The number of benzene rings is 1. The molecule has 1 aromatic heterocycles. The van der Waals surface area contributed by atoms with Gasteiger partial charge in [-0.15, -0.1) is 11.3 Å². The van der Waals surface area contributed by atoms with E-state index in [2.05, 4.69) is 5.32 Å². The monoisotopic (exact) mass is 304 g/mol. The molecule has 0 fully saturated rings. The fourth-order valence-corrected chi connectivity index (χ4v) is 2.48. The van der Waals surface area contributed by atoms with Crippen LogP contribution in [0.25, 0.3) is 0 Å². The number of nitrogens with one attached hydrogen (secondary N) is 1. The number of carbonyl (C=O) groups excluding carboxylic acids is 2. The van der Waals surface area contributed by atoms with Gasteiger partial charge in [0.2, 0.25) is 0 Å². The number of esters is 1. The summed E-state index contributed by atoms with van der Waals surface area (Å²) in [5.41, 5.74) is 7.21. The average Bonchev–Trinajstić information content (AvgIpc) is 2.83. The Kier molecular flexibility index (Phi) is 4.94. The van der Waals surface area contributed by atoms with E-state index in [-0.39, 0.29) is 12.5 Å². The molecular weight excluding hydrogens is 288 g/mol. The minimum atomic E-state index is -0.533. The molecule has 0 aliphatic heterocycles. The van der Waals surface area contributed by atoms with Gasteiger partial charge in [-0.05, 0) is 18.6 Å². The largest absolute Gasteiger partial charge is 0.451 e. The quantitative estimate of drug-likeness (QED) is 0.829. The van der Waals surface area contributed by atoms with Crippen molar-refractivity contribution in [2.24, 2.45) is 0 Å². The predicted octanol–water partition coefficient (Wildman–Crippen LogP) is 2.11. The zero-order valence-electron chi connectivity index (χ0n) is 11.6. The minimum absolute atomic E-state index is 0.303. The summed E-state index contributed by atoms with van der Waals surface area (Å²) in [5, 5.41) is 2.68. The summed E-state index contributed by atoms with van der Waals surface area (Å²) in [4.78, 5) is 24.6. The molecule has 0 spiro atoms. The number of ether oxygens (including phenoxy) is 1. The fourth-order valence-electron chi connectivity index (χ4n) is 1.65. The van der Waals surface area contributed by atoms with Crippen LogP contribution in [-0.2, 0) is 16.1 Å². The number of nitrogens with two attached hydrogens (primary N) is 1. The zero-order valence-corrected chi connectivity index (χ0v) is 12.4. The third kappa shape index (κ3) is 4.32. The molecule has 6 heteroatoms. The maximum Gasteiger partial charge on any atom is 0.348 e. The molecule has 0 radical (unpaired) electrons. The van der Waals surface area contributed by atoms with Crippen LogP contribution in [0.4, 0.5) is 5.69 Å². The van der Waals surface area contributed by atoms with Gasteiger partial charge < -0.3 is 15.8 Å². The molecule has 5 nitrogen and oxygen atoms in total. The lowest BCUT2D eigenvalue weighted by Crippen LogP contribution is -2.28. The maximum atomic E-state index is 11.7. The van der Waals surface area contributed by atoms with Crippen molar-refractivity contribution < 1.29 is 14.3 Å². The molecule has 0 saturated carbocycles. The second-order valence-electron chi connectivity index (χ2n) is 4.46. The van der Waals surface area contributed by atoms with Gasteiger partial charge in [-0.3, -0.25) is 4.79 Å². The number of amides is 1. The van der Waals surface area contributed by atoms with Crippen LogP contribution in [0.2, 0.25) is 0 Å². The van der Waals surface area contributed by atoms with E-state index in [1.54, 1.807) is 6.07 Å². The first kappa shape index (κ1) is 15.1. The van der Waals surface area contributed by atoms with Crippen LogP contribution < -0.4 is 11.1 Å². The molecule has 0 unspecified atom stereocenters. The van der Waals surface area contributed by atoms with Crippen molar-refractivity contribution in [3.05, 3.63) is 51.7 Å². The van der Waals surface area contributed by atoms with Gasteiger partial charge in [0.25, 0.3) is 5.91 Å². The van der Waals surface area contributed by atoms with E-state index in [0.29, 0.717) is 17.1 Å². The number of hydrogen-bond acceptors (Lipinski definition) is 5. The molecule has 21 heavy (non-hydrogen) atoms. The van der Waals surface area contributed by atoms with Crippen molar-refractivity contribution in [1.82, 2.24) is 5.32 Å². The van der Waals surface area contributed by atoms with Crippen LogP contribution in [0, 0.1) is 6.92 Å². The third-order valence-electron chi connectivity index (χ3n) is 2.82. The normalized spacial score (nSPS) is 10.1. The first-order valence-electron chi connectivity index (χ1n) is 6.40. The van der Waals surface area contributed by atoms with Gasteiger partial charge in [0.05, 0.1) is 0 Å². The number of thiophene rings is 1. The highest BCUT2D eigenvalue weighted by atomic mass is 32.1. The van der Waals surface area contributed by atoms with Crippen molar-refractivity contribution in [2.75, 3.05) is 12.3 Å². The molecule has 2 aromatic rings. The number of nitrogen functional groups attached to an aromatic ring is 1. The Morgan fingerprint density at radius 1 is 1.29 bits per heavy atom. The molecule has 1 heterocycles. The van der Waals surface area contributed by atoms with Gasteiger partial charge >= 0.3 is 5.97 Å². The summed E-state index contributed by atoms with van der Waals surface area (Å²) in [7, 11) is 0. The molecule has 2 rings (SSSR count). The molecule has 3 N–H and O–H groups in total. The lowest BCUT2D eigenvalue weighted by Gasteiger charge is -2.05. The Hall–Kier alpha value is -2.34. The molecule has 110 valence electrons. The van der Waals surface area contributed by atoms with E-state index in [4.69, 9.17) is 10.5 Å². The smallest absolute Gasteiger partial charge is 0.348 e. The van der Waals surface area contributed by atoms with E-state index in [1.807, 2.05) is 37.3 Å². The predicted molar refractivity (Wildman–Crippen MR) is 82.0 cm³/mol. The highest BCUT2D eigenvalue weighted by molar-refractivity contribution is 7.14. The first-order chi connectivity index (χ1) is 10.1. The zero-order chi connectivity index (χ0) is 15.2. The molecule has 0 aliphatic rings. The van der Waals surface area contributed by atoms with Gasteiger partial charge in [0, 0.05) is 17.1 Å². The summed E-state index contributed by atoms with van der Waals surface area (Å²) in [6.07, 6.45) is 0. The number of anilines is 1. The van der Waals surface area contributed by atoms with E-state index < -0.39 is 5.97 Å². The lowest BCUT2D eigenvalue weighted by atomic mass is 10.2. The van der Waals surface area contributed by atoms with Crippen molar-refractivity contribution in [3.8, 4) is 0 Å². The molecule has 0 saturated heterocycles. The number of hydrogen-bond donors (Lipinski definition) is 2. The van der Waals surface area contributed by atoms with Gasteiger partial charge in [-0.1, -0.05) is 30.3 Å². The molecular formula is C15H16N2O3S.